The van der Waals surface area contributed by atoms with Gasteiger partial charge in [0.05, 0.1) is 10.7 Å². The van der Waals surface area contributed by atoms with Crippen molar-refractivity contribution in [3.05, 3.63) is 28.8 Å². The van der Waals surface area contributed by atoms with E-state index in [-0.39, 0.29) is 5.91 Å². The number of rotatable bonds is 7. The first-order valence-corrected chi connectivity index (χ1v) is 8.04. The van der Waals surface area contributed by atoms with Crippen LogP contribution in [0.5, 0.6) is 0 Å². The molecule has 0 saturated heterocycles. The van der Waals surface area contributed by atoms with Crippen molar-refractivity contribution in [2.45, 2.75) is 46.1 Å². The molecule has 1 amide bonds. The number of hydrogen-bond donors (Lipinski definition) is 1. The molecular formula is C17H27ClN2O. The van der Waals surface area contributed by atoms with E-state index >= 15 is 0 Å². The van der Waals surface area contributed by atoms with E-state index in [0.717, 1.165) is 18.5 Å². The molecule has 1 N–H and O–H groups in total. The predicted octanol–water partition coefficient (Wildman–Crippen LogP) is 4.67. The Balaban J connectivity index is 2.90. The number of nitrogens with one attached hydrogen (secondary N) is 1. The van der Waals surface area contributed by atoms with E-state index < -0.39 is 0 Å². The van der Waals surface area contributed by atoms with Gasteiger partial charge in [-0.1, -0.05) is 38.8 Å². The maximum atomic E-state index is 12.0. The average molecular weight is 311 g/mol. The average Bonchev–Trinajstić information content (AvgIpc) is 2.47. The van der Waals surface area contributed by atoms with Crippen LogP contribution in [0.15, 0.2) is 18.2 Å². The summed E-state index contributed by atoms with van der Waals surface area (Å²) >= 11 is 6.26. The normalized spacial score (nSPS) is 13.6. The van der Waals surface area contributed by atoms with Gasteiger partial charge in [-0.3, -0.25) is 4.79 Å². The third-order valence-electron chi connectivity index (χ3n) is 3.86. The van der Waals surface area contributed by atoms with Crippen LogP contribution < -0.4 is 5.32 Å². The van der Waals surface area contributed by atoms with E-state index in [4.69, 9.17) is 11.6 Å². The Kier molecular flexibility index (Phi) is 7.03. The van der Waals surface area contributed by atoms with E-state index in [1.807, 2.05) is 6.07 Å². The highest BCUT2D eigenvalue weighted by Gasteiger charge is 2.14. The Bertz CT molecular complexity index is 474. The lowest BCUT2D eigenvalue weighted by molar-refractivity contribution is 0.0827. The molecule has 2 atom stereocenters. The SMILES string of the molecule is CCC(C)CC(CC)Nc1cc(C(=O)N(C)C)ccc1Cl. The molecule has 3 nitrogen and oxygen atoms in total. The van der Waals surface area contributed by atoms with Gasteiger partial charge in [-0.25, -0.2) is 0 Å². The number of nitrogens with zero attached hydrogens (tertiary/aromatic N) is 1. The first kappa shape index (κ1) is 17.8. The predicted molar refractivity (Wildman–Crippen MR) is 91.2 cm³/mol. The van der Waals surface area contributed by atoms with Crippen LogP contribution in [-0.4, -0.2) is 30.9 Å². The maximum Gasteiger partial charge on any atom is 0.253 e. The van der Waals surface area contributed by atoms with Gasteiger partial charge in [-0.05, 0) is 37.0 Å². The van der Waals surface area contributed by atoms with Crippen molar-refractivity contribution in [1.29, 1.82) is 0 Å². The van der Waals surface area contributed by atoms with Crippen molar-refractivity contribution in [1.82, 2.24) is 4.90 Å². The van der Waals surface area contributed by atoms with Crippen LogP contribution in [0.4, 0.5) is 5.69 Å². The molecule has 0 heterocycles. The molecule has 0 bridgehead atoms. The van der Waals surface area contributed by atoms with Crippen LogP contribution in [0.1, 0.15) is 50.4 Å². The smallest absolute Gasteiger partial charge is 0.253 e. The van der Waals surface area contributed by atoms with Gasteiger partial charge in [-0.2, -0.15) is 0 Å². The minimum Gasteiger partial charge on any atom is -0.381 e. The van der Waals surface area contributed by atoms with Crippen molar-refractivity contribution >= 4 is 23.2 Å². The quantitative estimate of drug-likeness (QED) is 0.794. The van der Waals surface area contributed by atoms with Crippen molar-refractivity contribution in [3.8, 4) is 0 Å². The summed E-state index contributed by atoms with van der Waals surface area (Å²) in [5.41, 5.74) is 1.50. The molecule has 0 aliphatic rings. The Morgan fingerprint density at radius 1 is 1.29 bits per heavy atom. The fourth-order valence-corrected chi connectivity index (χ4v) is 2.40. The van der Waals surface area contributed by atoms with Crippen LogP contribution in [0.2, 0.25) is 5.02 Å². The van der Waals surface area contributed by atoms with E-state index in [9.17, 15) is 4.79 Å². The highest BCUT2D eigenvalue weighted by molar-refractivity contribution is 6.33. The number of halogens is 1. The lowest BCUT2D eigenvalue weighted by Gasteiger charge is -2.22. The van der Waals surface area contributed by atoms with E-state index in [1.165, 1.54) is 6.42 Å². The van der Waals surface area contributed by atoms with Crippen molar-refractivity contribution < 1.29 is 4.79 Å². The monoisotopic (exact) mass is 310 g/mol. The van der Waals surface area contributed by atoms with Gasteiger partial charge in [0.1, 0.15) is 0 Å². The summed E-state index contributed by atoms with van der Waals surface area (Å²) in [6, 6.07) is 5.79. The van der Waals surface area contributed by atoms with Gasteiger partial charge in [0.15, 0.2) is 0 Å². The summed E-state index contributed by atoms with van der Waals surface area (Å²) in [6.07, 6.45) is 3.31. The Hall–Kier alpha value is -1.22. The van der Waals surface area contributed by atoms with Crippen LogP contribution >= 0.6 is 11.6 Å². The molecule has 118 valence electrons. The van der Waals surface area contributed by atoms with E-state index in [1.54, 1.807) is 31.1 Å². The number of benzene rings is 1. The Labute approximate surface area is 133 Å². The second-order valence-electron chi connectivity index (χ2n) is 5.89. The van der Waals surface area contributed by atoms with Gasteiger partial charge >= 0.3 is 0 Å². The third-order valence-corrected chi connectivity index (χ3v) is 4.19. The molecule has 0 fully saturated rings. The molecule has 21 heavy (non-hydrogen) atoms. The molecule has 2 unspecified atom stereocenters. The first-order chi connectivity index (χ1) is 9.88. The van der Waals surface area contributed by atoms with Gasteiger partial charge in [0.2, 0.25) is 0 Å². The molecule has 4 heteroatoms. The second kappa shape index (κ2) is 8.28. The third kappa shape index (κ3) is 5.24. The highest BCUT2D eigenvalue weighted by atomic mass is 35.5. The molecule has 0 aliphatic heterocycles. The number of carbonyl (C=O) groups excluding carboxylic acids is 1. The Morgan fingerprint density at radius 3 is 2.48 bits per heavy atom. The highest BCUT2D eigenvalue weighted by Crippen LogP contribution is 2.26. The number of amides is 1. The van der Waals surface area contributed by atoms with Crippen LogP contribution in [-0.2, 0) is 0 Å². The number of anilines is 1. The lowest BCUT2D eigenvalue weighted by atomic mass is 9.97. The number of hydrogen-bond acceptors (Lipinski definition) is 2. The minimum atomic E-state index is -0.00955. The van der Waals surface area contributed by atoms with Gasteiger partial charge in [0.25, 0.3) is 5.91 Å². The summed E-state index contributed by atoms with van der Waals surface area (Å²) in [7, 11) is 3.50. The van der Waals surface area contributed by atoms with Crippen molar-refractivity contribution in [2.24, 2.45) is 5.92 Å². The second-order valence-corrected chi connectivity index (χ2v) is 6.30. The first-order valence-electron chi connectivity index (χ1n) is 7.66. The molecule has 1 aromatic carbocycles. The largest absolute Gasteiger partial charge is 0.381 e. The molecule has 0 spiro atoms. The van der Waals surface area contributed by atoms with Crippen LogP contribution in [0.3, 0.4) is 0 Å². The number of carbonyl (C=O) groups is 1. The van der Waals surface area contributed by atoms with Crippen LogP contribution in [0.25, 0.3) is 0 Å². The molecule has 1 aromatic rings. The molecule has 0 aromatic heterocycles. The fourth-order valence-electron chi connectivity index (χ4n) is 2.23. The van der Waals surface area contributed by atoms with Crippen molar-refractivity contribution in [3.63, 3.8) is 0 Å². The van der Waals surface area contributed by atoms with E-state index in [0.29, 0.717) is 22.5 Å². The van der Waals surface area contributed by atoms with Gasteiger partial charge in [0, 0.05) is 25.7 Å². The summed E-state index contributed by atoms with van der Waals surface area (Å²) in [4.78, 5) is 13.6. The summed E-state index contributed by atoms with van der Waals surface area (Å²) in [5.74, 6) is 0.664. The molecule has 0 saturated carbocycles. The van der Waals surface area contributed by atoms with Gasteiger partial charge in [-0.15, -0.1) is 0 Å². The maximum absolute atomic E-state index is 12.0. The summed E-state index contributed by atoms with van der Waals surface area (Å²) < 4.78 is 0. The van der Waals surface area contributed by atoms with Gasteiger partial charge < -0.3 is 10.2 Å². The zero-order valence-corrected chi connectivity index (χ0v) is 14.5. The minimum absolute atomic E-state index is 0.00955. The standard InChI is InChI=1S/C17H27ClN2O/c1-6-12(3)10-14(7-2)19-16-11-13(8-9-15(16)18)17(21)20(4)5/h8-9,11-12,14,19H,6-7,10H2,1-5H3. The Morgan fingerprint density at radius 2 is 1.95 bits per heavy atom. The summed E-state index contributed by atoms with van der Waals surface area (Å²) in [6.45, 7) is 6.64. The van der Waals surface area contributed by atoms with Crippen LogP contribution in [0, 0.1) is 5.92 Å². The topological polar surface area (TPSA) is 32.3 Å². The zero-order valence-electron chi connectivity index (χ0n) is 13.7. The molecule has 0 radical (unpaired) electrons. The summed E-state index contributed by atoms with van der Waals surface area (Å²) in [5, 5.41) is 4.15. The lowest BCUT2D eigenvalue weighted by Crippen LogP contribution is -2.23. The zero-order chi connectivity index (χ0) is 16.0. The van der Waals surface area contributed by atoms with E-state index in [2.05, 4.69) is 26.1 Å². The fraction of sp³-hybridized carbons (Fsp3) is 0.588. The molecule has 1 rings (SSSR count). The molecule has 0 aliphatic carbocycles. The van der Waals surface area contributed by atoms with Crippen molar-refractivity contribution in [2.75, 3.05) is 19.4 Å². The molecular weight excluding hydrogens is 284 g/mol.